The predicted molar refractivity (Wildman–Crippen MR) is 80.1 cm³/mol. The topological polar surface area (TPSA) is 3.24 Å². The van der Waals surface area contributed by atoms with Gasteiger partial charge in [0.15, 0.2) is 0 Å². The molecule has 1 nitrogen and oxygen atoms in total. The lowest BCUT2D eigenvalue weighted by molar-refractivity contribution is 0.272. The van der Waals surface area contributed by atoms with E-state index in [2.05, 4.69) is 32.5 Å². The number of hydrogen-bond acceptors (Lipinski definition) is 1. The van der Waals surface area contributed by atoms with Crippen LogP contribution in [0.3, 0.4) is 0 Å². The molecule has 1 unspecified atom stereocenters. The molecule has 0 N–H and O–H groups in total. The number of terminal acetylenes is 1. The number of alkyl halides is 1. The van der Waals surface area contributed by atoms with Crippen molar-refractivity contribution in [2.75, 3.05) is 6.54 Å². The maximum absolute atomic E-state index is 13.6. The SMILES string of the molecule is C#CN(CC1=C[C@@H](C)CC(F)C1)C(=C)/C=C(\C)CC. The van der Waals surface area contributed by atoms with Gasteiger partial charge in [0.05, 0.1) is 6.54 Å². The fourth-order valence-corrected chi connectivity index (χ4v) is 2.32. The van der Waals surface area contributed by atoms with Gasteiger partial charge in [0.2, 0.25) is 0 Å². The van der Waals surface area contributed by atoms with Gasteiger partial charge in [-0.25, -0.2) is 4.39 Å². The van der Waals surface area contributed by atoms with Crippen molar-refractivity contribution in [3.05, 3.63) is 35.6 Å². The zero-order chi connectivity index (χ0) is 14.4. The Kier molecular flexibility index (Phi) is 5.89. The second-order valence-corrected chi connectivity index (χ2v) is 5.39. The molecule has 1 aliphatic rings. The number of halogens is 1. The molecule has 0 aliphatic heterocycles. The minimum atomic E-state index is -0.740. The van der Waals surface area contributed by atoms with E-state index in [-0.39, 0.29) is 0 Å². The van der Waals surface area contributed by atoms with E-state index in [9.17, 15) is 4.39 Å². The van der Waals surface area contributed by atoms with Gasteiger partial charge in [-0.15, -0.1) is 0 Å². The highest BCUT2D eigenvalue weighted by Gasteiger charge is 2.20. The molecule has 0 aromatic rings. The number of hydrogen-bond donors (Lipinski definition) is 0. The maximum Gasteiger partial charge on any atom is 0.104 e. The van der Waals surface area contributed by atoms with E-state index < -0.39 is 6.17 Å². The van der Waals surface area contributed by atoms with E-state index in [1.54, 1.807) is 4.90 Å². The molecule has 0 bridgehead atoms. The fraction of sp³-hybridized carbons (Fsp3) is 0.529. The second-order valence-electron chi connectivity index (χ2n) is 5.39. The molecule has 1 aliphatic carbocycles. The van der Waals surface area contributed by atoms with Crippen LogP contribution in [0.25, 0.3) is 0 Å². The third kappa shape index (κ3) is 4.95. The Balaban J connectivity index is 2.73. The van der Waals surface area contributed by atoms with Crippen molar-refractivity contribution < 1.29 is 4.39 Å². The second kappa shape index (κ2) is 7.19. The van der Waals surface area contributed by atoms with E-state index in [0.29, 0.717) is 25.3 Å². The van der Waals surface area contributed by atoms with Crippen molar-refractivity contribution in [2.45, 2.75) is 46.2 Å². The number of rotatable bonds is 5. The fourth-order valence-electron chi connectivity index (χ4n) is 2.32. The average Bonchev–Trinajstić information content (AvgIpc) is 2.34. The average molecular weight is 261 g/mol. The lowest BCUT2D eigenvalue weighted by atomic mass is 9.90. The van der Waals surface area contributed by atoms with E-state index in [1.165, 1.54) is 5.57 Å². The highest BCUT2D eigenvalue weighted by atomic mass is 19.1. The standard InChI is InChI=1S/C17H24FN/c1-6-13(3)8-15(5)19(7-2)12-16-9-14(4)10-17(18)11-16/h2,8-9,14,17H,5-6,10-12H2,1,3-4H3/b13-8+/t14-,17?/m1/s1. The molecule has 1 rings (SSSR count). The summed E-state index contributed by atoms with van der Waals surface area (Å²) in [7, 11) is 0. The predicted octanol–water partition coefficient (Wildman–Crippen LogP) is 4.44. The molecule has 104 valence electrons. The molecule has 0 spiro atoms. The van der Waals surface area contributed by atoms with Gasteiger partial charge in [-0.1, -0.05) is 44.1 Å². The van der Waals surface area contributed by atoms with Crippen LogP contribution in [-0.4, -0.2) is 17.6 Å². The molecule has 0 saturated heterocycles. The molecule has 0 aromatic carbocycles. The monoisotopic (exact) mass is 261 g/mol. The van der Waals surface area contributed by atoms with Gasteiger partial charge < -0.3 is 0 Å². The summed E-state index contributed by atoms with van der Waals surface area (Å²) in [5, 5.41) is 0. The highest BCUT2D eigenvalue weighted by molar-refractivity contribution is 5.25. The summed E-state index contributed by atoms with van der Waals surface area (Å²) >= 11 is 0. The van der Waals surface area contributed by atoms with Crippen molar-refractivity contribution in [1.29, 1.82) is 0 Å². The van der Waals surface area contributed by atoms with E-state index in [1.807, 2.05) is 13.0 Å². The minimum Gasteiger partial charge on any atom is -0.298 e. The zero-order valence-corrected chi connectivity index (χ0v) is 12.2. The van der Waals surface area contributed by atoms with Crippen LogP contribution in [0.1, 0.15) is 40.0 Å². The molecular weight excluding hydrogens is 237 g/mol. The summed E-state index contributed by atoms with van der Waals surface area (Å²) in [4.78, 5) is 1.76. The molecule has 0 aromatic heterocycles. The Morgan fingerprint density at radius 1 is 1.68 bits per heavy atom. The zero-order valence-electron chi connectivity index (χ0n) is 12.2. The van der Waals surface area contributed by atoms with Crippen LogP contribution in [0.2, 0.25) is 0 Å². The number of allylic oxidation sites excluding steroid dienone is 3. The molecule has 19 heavy (non-hydrogen) atoms. The third-order valence-electron chi connectivity index (χ3n) is 3.47. The Morgan fingerprint density at radius 2 is 2.37 bits per heavy atom. The van der Waals surface area contributed by atoms with Crippen LogP contribution in [0.4, 0.5) is 4.39 Å². The first-order valence-corrected chi connectivity index (χ1v) is 6.89. The van der Waals surface area contributed by atoms with Gasteiger partial charge in [-0.2, -0.15) is 0 Å². The summed E-state index contributed by atoms with van der Waals surface area (Å²) in [5.41, 5.74) is 3.11. The lowest BCUT2D eigenvalue weighted by Crippen LogP contribution is -2.23. The molecule has 0 amide bonds. The minimum absolute atomic E-state index is 0.291. The van der Waals surface area contributed by atoms with Gasteiger partial charge in [0.1, 0.15) is 6.17 Å². The first kappa shape index (κ1) is 15.6. The van der Waals surface area contributed by atoms with Gasteiger partial charge >= 0.3 is 0 Å². The highest BCUT2D eigenvalue weighted by Crippen LogP contribution is 2.26. The quantitative estimate of drug-likeness (QED) is 0.306. The maximum atomic E-state index is 13.6. The van der Waals surface area contributed by atoms with E-state index in [4.69, 9.17) is 6.42 Å². The summed E-state index contributed by atoms with van der Waals surface area (Å²) in [6.45, 7) is 10.8. The molecule has 0 saturated carbocycles. The van der Waals surface area contributed by atoms with Crippen LogP contribution in [0.15, 0.2) is 35.6 Å². The number of nitrogens with zero attached hydrogens (tertiary/aromatic N) is 1. The van der Waals surface area contributed by atoms with Gasteiger partial charge in [0.25, 0.3) is 0 Å². The van der Waals surface area contributed by atoms with Crippen LogP contribution in [0.5, 0.6) is 0 Å². The van der Waals surface area contributed by atoms with Crippen molar-refractivity contribution in [3.8, 4) is 12.5 Å². The largest absolute Gasteiger partial charge is 0.298 e. The van der Waals surface area contributed by atoms with Gasteiger partial charge in [-0.05, 0) is 31.8 Å². The van der Waals surface area contributed by atoms with Crippen LogP contribution in [-0.2, 0) is 0 Å². The molecule has 0 heterocycles. The summed E-state index contributed by atoms with van der Waals surface area (Å²) in [5.74, 6) is 0.291. The van der Waals surface area contributed by atoms with E-state index in [0.717, 1.165) is 17.7 Å². The first-order chi connectivity index (χ1) is 8.96. The molecule has 2 atom stereocenters. The Morgan fingerprint density at radius 3 is 2.89 bits per heavy atom. The van der Waals surface area contributed by atoms with Crippen LogP contribution < -0.4 is 0 Å². The molecular formula is C17H24FN. The molecule has 0 fully saturated rings. The smallest absolute Gasteiger partial charge is 0.104 e. The van der Waals surface area contributed by atoms with Gasteiger partial charge in [0, 0.05) is 18.2 Å². The lowest BCUT2D eigenvalue weighted by Gasteiger charge is -2.26. The van der Waals surface area contributed by atoms with Crippen molar-refractivity contribution >= 4 is 0 Å². The van der Waals surface area contributed by atoms with Crippen molar-refractivity contribution in [1.82, 2.24) is 4.90 Å². The summed E-state index contributed by atoms with van der Waals surface area (Å²) in [6, 6.07) is 2.63. The summed E-state index contributed by atoms with van der Waals surface area (Å²) in [6.07, 6.45) is 11.0. The molecule has 2 heteroatoms. The Bertz CT molecular complexity index is 425. The Labute approximate surface area is 116 Å². The normalized spacial score (nSPS) is 23.5. The first-order valence-electron chi connectivity index (χ1n) is 6.89. The molecule has 0 radical (unpaired) electrons. The summed E-state index contributed by atoms with van der Waals surface area (Å²) < 4.78 is 13.6. The van der Waals surface area contributed by atoms with Crippen LogP contribution >= 0.6 is 0 Å². The third-order valence-corrected chi connectivity index (χ3v) is 3.47. The van der Waals surface area contributed by atoms with Crippen molar-refractivity contribution in [2.24, 2.45) is 5.92 Å². The van der Waals surface area contributed by atoms with E-state index >= 15 is 0 Å². The van der Waals surface area contributed by atoms with Crippen molar-refractivity contribution in [3.63, 3.8) is 0 Å². The van der Waals surface area contributed by atoms with Gasteiger partial charge in [-0.3, -0.25) is 4.90 Å². The Hall–Kier alpha value is -1.49. The van der Waals surface area contributed by atoms with Crippen LogP contribution in [0, 0.1) is 18.4 Å².